The number of carbonyl (C=O) groups is 1. The number of amides is 1. The molecule has 100 valence electrons. The Hall–Kier alpha value is -2.23. The van der Waals surface area contributed by atoms with Crippen molar-refractivity contribution in [3.8, 4) is 0 Å². The first-order chi connectivity index (χ1) is 9.20. The summed E-state index contributed by atoms with van der Waals surface area (Å²) in [6, 6.07) is 9.36. The number of anilines is 1. The van der Waals surface area contributed by atoms with Crippen LogP contribution < -0.4 is 10.6 Å². The second-order valence-corrected chi connectivity index (χ2v) is 4.36. The van der Waals surface area contributed by atoms with Crippen LogP contribution in [0.4, 0.5) is 5.69 Å². The quantitative estimate of drug-likeness (QED) is 0.866. The number of hydrogen-bond acceptors (Lipinski definition) is 3. The maximum Gasteiger partial charge on any atom is 0.251 e. The van der Waals surface area contributed by atoms with Crippen LogP contribution in [0.25, 0.3) is 0 Å². The fourth-order valence-electron chi connectivity index (χ4n) is 1.94. The average Bonchev–Trinajstić information content (AvgIpc) is 2.91. The Morgan fingerprint density at radius 1 is 1.32 bits per heavy atom. The molecule has 0 radical (unpaired) electrons. The Bertz CT molecular complexity index is 547. The molecule has 2 aromatic rings. The molecule has 0 spiro atoms. The number of carbonyl (C=O) groups excluding carboxylic acids is 1. The van der Waals surface area contributed by atoms with Gasteiger partial charge < -0.3 is 15.1 Å². The predicted octanol–water partition coefficient (Wildman–Crippen LogP) is 2.60. The first-order valence-electron chi connectivity index (χ1n) is 6.29. The van der Waals surface area contributed by atoms with Crippen LogP contribution in [-0.2, 0) is 6.42 Å². The Kier molecular flexibility index (Phi) is 4.23. The minimum absolute atomic E-state index is 0.0580. The van der Waals surface area contributed by atoms with Gasteiger partial charge in [-0.3, -0.25) is 4.79 Å². The van der Waals surface area contributed by atoms with E-state index in [1.54, 1.807) is 6.26 Å². The lowest BCUT2D eigenvalue weighted by Crippen LogP contribution is -2.25. The summed E-state index contributed by atoms with van der Waals surface area (Å²) in [4.78, 5) is 12.0. The summed E-state index contributed by atoms with van der Waals surface area (Å²) in [6.45, 7) is 2.55. The van der Waals surface area contributed by atoms with Gasteiger partial charge >= 0.3 is 0 Å². The van der Waals surface area contributed by atoms with Gasteiger partial charge in [-0.25, -0.2) is 0 Å². The Labute approximate surface area is 112 Å². The normalized spacial score (nSPS) is 10.2. The van der Waals surface area contributed by atoms with Gasteiger partial charge in [0, 0.05) is 31.3 Å². The summed E-state index contributed by atoms with van der Waals surface area (Å²) in [7, 11) is 1.87. The van der Waals surface area contributed by atoms with E-state index in [1.807, 2.05) is 44.3 Å². The average molecular weight is 258 g/mol. The zero-order chi connectivity index (χ0) is 13.7. The van der Waals surface area contributed by atoms with Crippen LogP contribution in [0, 0.1) is 6.92 Å². The highest BCUT2D eigenvalue weighted by Gasteiger charge is 2.07. The SMILES string of the molecule is CNc1ccc(C(=O)NCCc2ccco2)cc1C. The highest BCUT2D eigenvalue weighted by atomic mass is 16.3. The van der Waals surface area contributed by atoms with Crippen LogP contribution >= 0.6 is 0 Å². The lowest BCUT2D eigenvalue weighted by atomic mass is 10.1. The van der Waals surface area contributed by atoms with Gasteiger partial charge in [-0.1, -0.05) is 0 Å². The second-order valence-electron chi connectivity index (χ2n) is 4.36. The molecule has 1 aromatic heterocycles. The number of rotatable bonds is 5. The molecule has 0 fully saturated rings. The maximum atomic E-state index is 12.0. The zero-order valence-electron chi connectivity index (χ0n) is 11.2. The lowest BCUT2D eigenvalue weighted by molar-refractivity contribution is 0.0953. The van der Waals surface area contributed by atoms with Crippen molar-refractivity contribution in [3.63, 3.8) is 0 Å². The van der Waals surface area contributed by atoms with Crippen molar-refractivity contribution >= 4 is 11.6 Å². The summed E-state index contributed by atoms with van der Waals surface area (Å²) in [5.41, 5.74) is 2.77. The van der Waals surface area contributed by atoms with Crippen molar-refractivity contribution in [3.05, 3.63) is 53.5 Å². The molecule has 2 N–H and O–H groups in total. The Balaban J connectivity index is 1.91. The van der Waals surface area contributed by atoms with E-state index >= 15 is 0 Å². The highest BCUT2D eigenvalue weighted by Crippen LogP contribution is 2.15. The fraction of sp³-hybridized carbons (Fsp3) is 0.267. The summed E-state index contributed by atoms with van der Waals surface area (Å²) in [6.07, 6.45) is 2.34. The molecule has 0 atom stereocenters. The number of aryl methyl sites for hydroxylation is 1. The van der Waals surface area contributed by atoms with Crippen molar-refractivity contribution in [2.45, 2.75) is 13.3 Å². The van der Waals surface area contributed by atoms with Gasteiger partial charge in [-0.05, 0) is 42.8 Å². The molecule has 4 heteroatoms. The predicted molar refractivity (Wildman–Crippen MR) is 75.5 cm³/mol. The van der Waals surface area contributed by atoms with E-state index in [4.69, 9.17) is 4.42 Å². The molecule has 0 saturated heterocycles. The summed E-state index contributed by atoms with van der Waals surface area (Å²) < 4.78 is 5.21. The molecule has 19 heavy (non-hydrogen) atoms. The van der Waals surface area contributed by atoms with Crippen molar-refractivity contribution < 1.29 is 9.21 Å². The van der Waals surface area contributed by atoms with Crippen molar-refractivity contribution in [1.29, 1.82) is 0 Å². The largest absolute Gasteiger partial charge is 0.469 e. The van der Waals surface area contributed by atoms with Crippen molar-refractivity contribution in [2.75, 3.05) is 18.9 Å². The van der Waals surface area contributed by atoms with E-state index in [9.17, 15) is 4.79 Å². The van der Waals surface area contributed by atoms with Crippen LogP contribution in [0.5, 0.6) is 0 Å². The Morgan fingerprint density at radius 3 is 2.79 bits per heavy atom. The zero-order valence-corrected chi connectivity index (χ0v) is 11.2. The molecular weight excluding hydrogens is 240 g/mol. The van der Waals surface area contributed by atoms with Crippen LogP contribution in [-0.4, -0.2) is 19.5 Å². The molecule has 0 saturated carbocycles. The Morgan fingerprint density at radius 2 is 2.16 bits per heavy atom. The van der Waals surface area contributed by atoms with Crippen LogP contribution in [0.2, 0.25) is 0 Å². The third-order valence-electron chi connectivity index (χ3n) is 2.99. The minimum Gasteiger partial charge on any atom is -0.469 e. The molecule has 2 rings (SSSR count). The fourth-order valence-corrected chi connectivity index (χ4v) is 1.94. The molecule has 1 heterocycles. The second kappa shape index (κ2) is 6.09. The lowest BCUT2D eigenvalue weighted by Gasteiger charge is -2.08. The topological polar surface area (TPSA) is 54.3 Å². The minimum atomic E-state index is -0.0580. The smallest absolute Gasteiger partial charge is 0.251 e. The van der Waals surface area contributed by atoms with E-state index in [1.165, 1.54) is 0 Å². The summed E-state index contributed by atoms with van der Waals surface area (Å²) in [5.74, 6) is 0.819. The number of nitrogens with one attached hydrogen (secondary N) is 2. The molecule has 1 aromatic carbocycles. The van der Waals surface area contributed by atoms with Gasteiger partial charge in [-0.15, -0.1) is 0 Å². The molecule has 0 aliphatic carbocycles. The molecule has 0 aliphatic heterocycles. The summed E-state index contributed by atoms with van der Waals surface area (Å²) >= 11 is 0. The van der Waals surface area contributed by atoms with E-state index in [0.717, 1.165) is 17.0 Å². The van der Waals surface area contributed by atoms with E-state index < -0.39 is 0 Å². The van der Waals surface area contributed by atoms with Crippen molar-refractivity contribution in [2.24, 2.45) is 0 Å². The van der Waals surface area contributed by atoms with E-state index in [-0.39, 0.29) is 5.91 Å². The molecule has 0 unspecified atom stereocenters. The standard InChI is InChI=1S/C15H18N2O2/c1-11-10-12(5-6-14(11)16-2)15(18)17-8-7-13-4-3-9-19-13/h3-6,9-10,16H,7-8H2,1-2H3,(H,17,18). The molecular formula is C15H18N2O2. The molecule has 0 aliphatic rings. The molecule has 0 bridgehead atoms. The third-order valence-corrected chi connectivity index (χ3v) is 2.99. The molecule has 4 nitrogen and oxygen atoms in total. The number of hydrogen-bond donors (Lipinski definition) is 2. The first-order valence-corrected chi connectivity index (χ1v) is 6.29. The summed E-state index contributed by atoms with van der Waals surface area (Å²) in [5, 5.41) is 5.96. The molecule has 1 amide bonds. The van der Waals surface area contributed by atoms with Gasteiger partial charge in [0.25, 0.3) is 5.91 Å². The number of benzene rings is 1. The highest BCUT2D eigenvalue weighted by molar-refractivity contribution is 5.94. The van der Waals surface area contributed by atoms with Crippen molar-refractivity contribution in [1.82, 2.24) is 5.32 Å². The van der Waals surface area contributed by atoms with Crippen LogP contribution in [0.3, 0.4) is 0 Å². The van der Waals surface area contributed by atoms with Gasteiger partial charge in [0.05, 0.1) is 6.26 Å². The van der Waals surface area contributed by atoms with Gasteiger partial charge in [0.15, 0.2) is 0 Å². The van der Waals surface area contributed by atoms with Gasteiger partial charge in [0.1, 0.15) is 5.76 Å². The monoisotopic (exact) mass is 258 g/mol. The number of furan rings is 1. The van der Waals surface area contributed by atoms with E-state index in [0.29, 0.717) is 18.5 Å². The van der Waals surface area contributed by atoms with E-state index in [2.05, 4.69) is 10.6 Å². The van der Waals surface area contributed by atoms with Crippen LogP contribution in [0.1, 0.15) is 21.7 Å². The first kappa shape index (κ1) is 13.2. The van der Waals surface area contributed by atoms with Gasteiger partial charge in [-0.2, -0.15) is 0 Å². The maximum absolute atomic E-state index is 12.0. The van der Waals surface area contributed by atoms with Crippen LogP contribution in [0.15, 0.2) is 41.0 Å². The van der Waals surface area contributed by atoms with Gasteiger partial charge in [0.2, 0.25) is 0 Å². The third kappa shape index (κ3) is 3.37.